The second-order valence-electron chi connectivity index (χ2n) is 13.5. The lowest BCUT2D eigenvalue weighted by molar-refractivity contribution is 1.49. The quantitative estimate of drug-likeness (QED) is 0.129. The van der Waals surface area contributed by atoms with Crippen LogP contribution in [0.25, 0.3) is 85.8 Å². The molecule has 47 heavy (non-hydrogen) atoms. The minimum absolute atomic E-state index is 1.29. The van der Waals surface area contributed by atoms with Crippen LogP contribution in [0.2, 0.25) is 0 Å². The second kappa shape index (κ2) is 7.78. The van der Waals surface area contributed by atoms with Crippen LogP contribution in [0, 0.1) is 41.1 Å². The van der Waals surface area contributed by atoms with Crippen LogP contribution in [-0.4, -0.2) is 0 Å². The van der Waals surface area contributed by atoms with Crippen molar-refractivity contribution in [2.45, 2.75) is 0 Å². The van der Waals surface area contributed by atoms with E-state index in [1.807, 2.05) is 11.3 Å². The molecule has 10 aromatic carbocycles. The van der Waals surface area contributed by atoms with E-state index < -0.39 is 0 Å². The molecule has 0 radical (unpaired) electrons. The maximum absolute atomic E-state index is 2.42. The van der Waals surface area contributed by atoms with Gasteiger partial charge in [-0.2, -0.15) is 0 Å². The monoisotopic (exact) mass is 606 g/mol. The van der Waals surface area contributed by atoms with Gasteiger partial charge in [0.25, 0.3) is 0 Å². The molecule has 0 amide bonds. The molecule has 0 N–H and O–H groups in total. The van der Waals surface area contributed by atoms with Crippen molar-refractivity contribution >= 4 is 86.7 Å². The Labute approximate surface area is 270 Å². The molecule has 0 unspecified atom stereocenters. The number of thiophene rings is 1. The third-order valence-corrected chi connectivity index (χ3v) is 12.7. The van der Waals surface area contributed by atoms with Gasteiger partial charge < -0.3 is 0 Å². The molecule has 0 saturated heterocycles. The van der Waals surface area contributed by atoms with Gasteiger partial charge in [-0.05, 0) is 113 Å². The number of benzene rings is 10. The number of hydrogen-bond acceptors (Lipinski definition) is 1. The summed E-state index contributed by atoms with van der Waals surface area (Å²) in [7, 11) is 0. The van der Waals surface area contributed by atoms with Gasteiger partial charge in [0.15, 0.2) is 0 Å². The van der Waals surface area contributed by atoms with E-state index in [-0.39, 0.29) is 0 Å². The lowest BCUT2D eigenvalue weighted by Crippen LogP contribution is -1.92. The highest BCUT2D eigenvalue weighted by Crippen LogP contribution is 2.48. The highest BCUT2D eigenvalue weighted by molar-refractivity contribution is 7.13. The van der Waals surface area contributed by atoms with E-state index in [4.69, 9.17) is 0 Å². The molecule has 0 nitrogen and oxygen atoms in total. The van der Waals surface area contributed by atoms with Crippen molar-refractivity contribution in [1.82, 2.24) is 0 Å². The topological polar surface area (TPSA) is 0 Å². The first-order valence-electron chi connectivity index (χ1n) is 16.4. The molecule has 1 heteroatoms. The summed E-state index contributed by atoms with van der Waals surface area (Å²) in [6, 6.07) is 50.9. The summed E-state index contributed by atoms with van der Waals surface area (Å²) >= 11 is 1.93. The average Bonchev–Trinajstić information content (AvgIpc) is 3.80. The number of fused-ring (bicyclic) bond motifs is 6. The predicted molar refractivity (Wildman–Crippen MR) is 198 cm³/mol. The van der Waals surface area contributed by atoms with Crippen molar-refractivity contribution in [2.75, 3.05) is 0 Å². The Hall–Kier alpha value is -5.76. The van der Waals surface area contributed by atoms with Crippen LogP contribution in [0.5, 0.6) is 0 Å². The number of hydrogen-bond donors (Lipinski definition) is 0. The molecule has 2 aliphatic rings. The summed E-state index contributed by atoms with van der Waals surface area (Å²) in [5.74, 6) is 0. The Morgan fingerprint density at radius 2 is 0.660 bits per heavy atom. The second-order valence-corrected chi connectivity index (χ2v) is 14.5. The fourth-order valence-electron chi connectivity index (χ4n) is 9.63. The van der Waals surface area contributed by atoms with Crippen molar-refractivity contribution in [3.8, 4) is 10.4 Å². The Kier molecular flexibility index (Phi) is 3.90. The van der Waals surface area contributed by atoms with Gasteiger partial charge >= 0.3 is 0 Å². The summed E-state index contributed by atoms with van der Waals surface area (Å²) < 4.78 is 1.40. The molecule has 0 aliphatic heterocycles. The first-order valence-corrected chi connectivity index (χ1v) is 17.3. The van der Waals surface area contributed by atoms with Crippen molar-refractivity contribution in [3.63, 3.8) is 0 Å². The van der Waals surface area contributed by atoms with Gasteiger partial charge in [0.2, 0.25) is 0 Å². The van der Waals surface area contributed by atoms with Crippen LogP contribution in [0.1, 0.15) is 0 Å². The largest absolute Gasteiger partial charge is 0.135 e. The van der Waals surface area contributed by atoms with Crippen LogP contribution in [0.3, 0.4) is 0 Å². The molecular formula is C46H22S. The SMILES string of the molecule is c1ccc(-c2cc3c(s2)=c2ccc4c5ccc6c7ccc8c9c(ccc(c%10ccc(c%11ccc=3c2c%114)c5c%106)c97)=c2ccccc2=8)cc1. The van der Waals surface area contributed by atoms with Gasteiger partial charge in [-0.3, -0.25) is 0 Å². The van der Waals surface area contributed by atoms with E-state index in [2.05, 4.69) is 133 Å². The first-order chi connectivity index (χ1) is 23.3. The molecule has 0 bridgehead atoms. The fourth-order valence-corrected chi connectivity index (χ4v) is 10.8. The Morgan fingerprint density at radius 1 is 0.277 bits per heavy atom. The number of rotatable bonds is 1. The third-order valence-electron chi connectivity index (χ3n) is 11.5. The maximum Gasteiger partial charge on any atom is 0.0434 e. The fraction of sp³-hybridized carbons (Fsp3) is 0. The van der Waals surface area contributed by atoms with Crippen molar-refractivity contribution in [2.24, 2.45) is 0 Å². The zero-order chi connectivity index (χ0) is 30.1. The summed E-state index contributed by atoms with van der Waals surface area (Å²) in [5, 5.41) is 29.0. The van der Waals surface area contributed by atoms with Crippen LogP contribution in [0.15, 0.2) is 133 Å². The van der Waals surface area contributed by atoms with E-state index in [1.54, 1.807) is 0 Å². The molecule has 2 aliphatic carbocycles. The molecular weight excluding hydrogens is 585 g/mol. The van der Waals surface area contributed by atoms with Crippen LogP contribution >= 0.6 is 11.3 Å². The lowest BCUT2D eigenvalue weighted by atomic mass is 9.83. The standard InChI is InChI=1S/C46H22S/c1-2-6-23(7-3-1)39-22-38-36-19-18-34-32-16-14-30-28-12-10-26-24-8-4-5-9-25(24)27-11-13-29(41(28)40(26)27)31-15-17-33(43(32)42(30)31)35-20-21-37(46(38)47-39)45(36)44(34)35/h1-22H. The van der Waals surface area contributed by atoms with Crippen LogP contribution in [-0.2, 0) is 0 Å². The van der Waals surface area contributed by atoms with Crippen LogP contribution < -0.4 is 0 Å². The molecule has 13 rings (SSSR count). The Bertz CT molecular complexity index is 3460. The van der Waals surface area contributed by atoms with E-state index in [0.29, 0.717) is 0 Å². The van der Waals surface area contributed by atoms with Gasteiger partial charge in [0, 0.05) is 19.8 Å². The van der Waals surface area contributed by atoms with Gasteiger partial charge in [0.1, 0.15) is 0 Å². The van der Waals surface area contributed by atoms with Crippen molar-refractivity contribution < 1.29 is 0 Å². The van der Waals surface area contributed by atoms with Crippen molar-refractivity contribution in [1.29, 1.82) is 0 Å². The van der Waals surface area contributed by atoms with E-state index >= 15 is 0 Å². The normalized spacial score (nSPS) is 13.1. The maximum atomic E-state index is 2.42. The van der Waals surface area contributed by atoms with Gasteiger partial charge in [-0.25, -0.2) is 0 Å². The molecule has 212 valence electrons. The summed E-state index contributed by atoms with van der Waals surface area (Å²) in [6.07, 6.45) is 0. The summed E-state index contributed by atoms with van der Waals surface area (Å²) in [5.41, 5.74) is 1.29. The Morgan fingerprint density at radius 3 is 1.17 bits per heavy atom. The lowest BCUT2D eigenvalue weighted by Gasteiger charge is -2.19. The third kappa shape index (κ3) is 2.57. The Balaban J connectivity index is 1.21. The van der Waals surface area contributed by atoms with Crippen molar-refractivity contribution in [3.05, 3.63) is 175 Å². The summed E-state index contributed by atoms with van der Waals surface area (Å²) in [4.78, 5) is 1.34. The van der Waals surface area contributed by atoms with Gasteiger partial charge in [0.05, 0.1) is 0 Å². The predicted octanol–water partition coefficient (Wildman–Crippen LogP) is 12.1. The highest BCUT2D eigenvalue weighted by atomic mass is 32.1. The molecule has 0 fully saturated rings. The zero-order valence-corrected chi connectivity index (χ0v) is 25.9. The van der Waals surface area contributed by atoms with E-state index in [1.165, 1.54) is 127 Å². The molecule has 0 atom stereocenters. The highest BCUT2D eigenvalue weighted by Gasteiger charge is 2.22. The molecule has 1 heterocycles. The molecule has 0 spiro atoms. The molecule has 1 aromatic heterocycles. The van der Waals surface area contributed by atoms with E-state index in [0.717, 1.165) is 0 Å². The smallest absolute Gasteiger partial charge is 0.0434 e. The molecule has 11 aromatic rings. The zero-order valence-electron chi connectivity index (χ0n) is 25.1. The first kappa shape index (κ1) is 23.6. The minimum Gasteiger partial charge on any atom is -0.135 e. The summed E-state index contributed by atoms with van der Waals surface area (Å²) in [6.45, 7) is 0. The minimum atomic E-state index is 1.29. The van der Waals surface area contributed by atoms with Gasteiger partial charge in [-0.15, -0.1) is 11.3 Å². The van der Waals surface area contributed by atoms with Gasteiger partial charge in [-0.1, -0.05) is 127 Å². The average molecular weight is 607 g/mol. The van der Waals surface area contributed by atoms with E-state index in [9.17, 15) is 0 Å². The van der Waals surface area contributed by atoms with Crippen LogP contribution in [0.4, 0.5) is 0 Å². The molecule has 0 saturated carbocycles.